The number of hydrogen-bond donors (Lipinski definition) is 1. The highest BCUT2D eigenvalue weighted by molar-refractivity contribution is 5.82. The zero-order chi connectivity index (χ0) is 16.5. The number of primary amides is 1. The largest absolute Gasteiger partial charge is 0.368 e. The normalized spacial score (nSPS) is 17.6. The first kappa shape index (κ1) is 14.8. The van der Waals surface area contributed by atoms with Crippen molar-refractivity contribution in [3.05, 3.63) is 77.5 Å². The summed E-state index contributed by atoms with van der Waals surface area (Å²) in [4.78, 5) is 18.9. The van der Waals surface area contributed by atoms with Gasteiger partial charge >= 0.3 is 0 Å². The van der Waals surface area contributed by atoms with E-state index >= 15 is 0 Å². The molecule has 0 aliphatic carbocycles. The number of rotatable bonds is 3. The molecular formula is C20H19N3O. The maximum Gasteiger partial charge on any atom is 0.239 e. The minimum absolute atomic E-state index is 0.303. The second kappa shape index (κ2) is 6.06. The highest BCUT2D eigenvalue weighted by Crippen LogP contribution is 2.30. The summed E-state index contributed by atoms with van der Waals surface area (Å²) in [6.45, 7) is 1.42. The van der Waals surface area contributed by atoms with Crippen LogP contribution < -0.4 is 5.73 Å². The zero-order valence-electron chi connectivity index (χ0n) is 13.4. The number of amides is 1. The number of carbonyl (C=O) groups excluding carboxylic acids is 1. The van der Waals surface area contributed by atoms with Crippen molar-refractivity contribution in [2.45, 2.75) is 19.0 Å². The Morgan fingerprint density at radius 3 is 2.75 bits per heavy atom. The summed E-state index contributed by atoms with van der Waals surface area (Å²) in [5.41, 5.74) is 9.89. The summed E-state index contributed by atoms with van der Waals surface area (Å²) in [6, 6.07) is 19.8. The van der Waals surface area contributed by atoms with Gasteiger partial charge in [-0.3, -0.25) is 14.7 Å². The van der Waals surface area contributed by atoms with Gasteiger partial charge in [0.25, 0.3) is 0 Å². The second-order valence-electron chi connectivity index (χ2n) is 6.22. The Bertz CT molecular complexity index is 906. The van der Waals surface area contributed by atoms with Crippen LogP contribution in [0.2, 0.25) is 0 Å². The van der Waals surface area contributed by atoms with Crippen LogP contribution in [0.3, 0.4) is 0 Å². The molecule has 0 spiro atoms. The Morgan fingerprint density at radius 2 is 1.88 bits per heavy atom. The smallest absolute Gasteiger partial charge is 0.239 e. The van der Waals surface area contributed by atoms with Gasteiger partial charge < -0.3 is 5.73 Å². The van der Waals surface area contributed by atoms with Crippen LogP contribution in [0.15, 0.2) is 60.7 Å². The number of carbonyl (C=O) groups is 1. The van der Waals surface area contributed by atoms with E-state index in [0.717, 1.165) is 35.1 Å². The SMILES string of the molecule is NC(=O)C1c2ccccc2CCN1Cc1ccc2ccccc2n1. The van der Waals surface area contributed by atoms with Crippen LogP contribution in [0.1, 0.15) is 22.9 Å². The van der Waals surface area contributed by atoms with Gasteiger partial charge in [-0.1, -0.05) is 48.5 Å². The molecule has 1 aliphatic rings. The van der Waals surface area contributed by atoms with Gasteiger partial charge in [-0.05, 0) is 29.7 Å². The van der Waals surface area contributed by atoms with Crippen LogP contribution in [0.4, 0.5) is 0 Å². The molecule has 4 rings (SSSR count). The van der Waals surface area contributed by atoms with Crippen molar-refractivity contribution in [2.75, 3.05) is 6.54 Å². The fraction of sp³-hybridized carbons (Fsp3) is 0.200. The predicted octanol–water partition coefficient (Wildman–Crippen LogP) is 2.82. The average molecular weight is 317 g/mol. The lowest BCUT2D eigenvalue weighted by molar-refractivity contribution is -0.124. The maximum atomic E-state index is 12.1. The summed E-state index contributed by atoms with van der Waals surface area (Å²) >= 11 is 0. The molecule has 2 heterocycles. The summed E-state index contributed by atoms with van der Waals surface area (Å²) in [6.07, 6.45) is 0.924. The Kier molecular flexibility index (Phi) is 3.75. The predicted molar refractivity (Wildman–Crippen MR) is 94.2 cm³/mol. The summed E-state index contributed by atoms with van der Waals surface area (Å²) in [7, 11) is 0. The first-order valence-electron chi connectivity index (χ1n) is 8.18. The Hall–Kier alpha value is -2.72. The van der Waals surface area contributed by atoms with Gasteiger partial charge in [0, 0.05) is 18.5 Å². The van der Waals surface area contributed by atoms with E-state index in [-0.39, 0.29) is 11.9 Å². The molecule has 4 heteroatoms. The number of fused-ring (bicyclic) bond motifs is 2. The molecule has 0 bridgehead atoms. The molecule has 4 nitrogen and oxygen atoms in total. The fourth-order valence-corrected chi connectivity index (χ4v) is 3.53. The van der Waals surface area contributed by atoms with Gasteiger partial charge in [-0.2, -0.15) is 0 Å². The van der Waals surface area contributed by atoms with Gasteiger partial charge in [0.2, 0.25) is 5.91 Å². The number of aromatic nitrogens is 1. The third-order valence-electron chi connectivity index (χ3n) is 4.67. The van der Waals surface area contributed by atoms with Gasteiger partial charge in [-0.25, -0.2) is 0 Å². The van der Waals surface area contributed by atoms with E-state index in [4.69, 9.17) is 10.7 Å². The van der Waals surface area contributed by atoms with Gasteiger partial charge in [0.05, 0.1) is 11.2 Å². The van der Waals surface area contributed by atoms with Crippen LogP contribution in [0.25, 0.3) is 10.9 Å². The topological polar surface area (TPSA) is 59.2 Å². The molecule has 1 aliphatic heterocycles. The van der Waals surface area contributed by atoms with Crippen molar-refractivity contribution in [3.63, 3.8) is 0 Å². The van der Waals surface area contributed by atoms with Crippen LogP contribution in [0, 0.1) is 0 Å². The molecule has 2 N–H and O–H groups in total. The van der Waals surface area contributed by atoms with Gasteiger partial charge in [0.1, 0.15) is 6.04 Å². The molecule has 0 radical (unpaired) electrons. The lowest BCUT2D eigenvalue weighted by Gasteiger charge is -2.35. The molecule has 1 amide bonds. The summed E-state index contributed by atoms with van der Waals surface area (Å²) in [5.74, 6) is -0.303. The zero-order valence-corrected chi connectivity index (χ0v) is 13.4. The highest BCUT2D eigenvalue weighted by atomic mass is 16.1. The minimum atomic E-state index is -0.386. The van der Waals surface area contributed by atoms with Gasteiger partial charge in [-0.15, -0.1) is 0 Å². The van der Waals surface area contributed by atoms with E-state index in [1.807, 2.05) is 42.5 Å². The van der Waals surface area contributed by atoms with Crippen molar-refractivity contribution in [2.24, 2.45) is 5.73 Å². The quantitative estimate of drug-likeness (QED) is 0.808. The number of nitrogens with two attached hydrogens (primary N) is 1. The van der Waals surface area contributed by atoms with Crippen molar-refractivity contribution in [1.29, 1.82) is 0 Å². The Labute approximate surface area is 140 Å². The number of nitrogens with zero attached hydrogens (tertiary/aromatic N) is 2. The first-order chi connectivity index (χ1) is 11.7. The van der Waals surface area contributed by atoms with Crippen LogP contribution in [0.5, 0.6) is 0 Å². The number of para-hydroxylation sites is 1. The van der Waals surface area contributed by atoms with E-state index < -0.39 is 0 Å². The number of hydrogen-bond acceptors (Lipinski definition) is 3. The van der Waals surface area contributed by atoms with Gasteiger partial charge in [0.15, 0.2) is 0 Å². The van der Waals surface area contributed by atoms with Crippen molar-refractivity contribution < 1.29 is 4.79 Å². The van der Waals surface area contributed by atoms with E-state index in [1.165, 1.54) is 5.56 Å². The summed E-state index contributed by atoms with van der Waals surface area (Å²) < 4.78 is 0. The number of benzene rings is 2. The maximum absolute atomic E-state index is 12.1. The molecule has 1 unspecified atom stereocenters. The third kappa shape index (κ3) is 2.65. The monoisotopic (exact) mass is 317 g/mol. The standard InChI is InChI=1S/C20H19N3O/c21-20(24)19-17-7-3-1-5-14(17)11-12-23(19)13-16-10-9-15-6-2-4-8-18(15)22-16/h1-10,19H,11-13H2,(H2,21,24). The molecular weight excluding hydrogens is 298 g/mol. The molecule has 0 saturated carbocycles. The average Bonchev–Trinajstić information content (AvgIpc) is 2.61. The lowest BCUT2D eigenvalue weighted by atomic mass is 9.92. The van der Waals surface area contributed by atoms with Crippen molar-refractivity contribution in [1.82, 2.24) is 9.88 Å². The fourth-order valence-electron chi connectivity index (χ4n) is 3.53. The minimum Gasteiger partial charge on any atom is -0.368 e. The molecule has 3 aromatic rings. The van der Waals surface area contributed by atoms with Crippen molar-refractivity contribution in [3.8, 4) is 0 Å². The third-order valence-corrected chi connectivity index (χ3v) is 4.67. The van der Waals surface area contributed by atoms with E-state index in [1.54, 1.807) is 0 Å². The Morgan fingerprint density at radius 1 is 1.08 bits per heavy atom. The van der Waals surface area contributed by atoms with Crippen LogP contribution in [-0.4, -0.2) is 22.3 Å². The van der Waals surface area contributed by atoms with Crippen LogP contribution >= 0.6 is 0 Å². The second-order valence-corrected chi connectivity index (χ2v) is 6.22. The van der Waals surface area contributed by atoms with Crippen molar-refractivity contribution >= 4 is 16.8 Å². The van der Waals surface area contributed by atoms with E-state index in [2.05, 4.69) is 23.1 Å². The molecule has 1 atom stereocenters. The molecule has 2 aromatic carbocycles. The molecule has 1 aromatic heterocycles. The first-order valence-corrected chi connectivity index (χ1v) is 8.18. The number of pyridine rings is 1. The van der Waals surface area contributed by atoms with Crippen LogP contribution in [-0.2, 0) is 17.8 Å². The highest BCUT2D eigenvalue weighted by Gasteiger charge is 2.31. The lowest BCUT2D eigenvalue weighted by Crippen LogP contribution is -2.42. The molecule has 0 saturated heterocycles. The van der Waals surface area contributed by atoms with E-state index in [0.29, 0.717) is 6.54 Å². The molecule has 24 heavy (non-hydrogen) atoms. The Balaban J connectivity index is 1.66. The van der Waals surface area contributed by atoms with E-state index in [9.17, 15) is 4.79 Å². The molecule has 120 valence electrons. The summed E-state index contributed by atoms with van der Waals surface area (Å²) in [5, 5.41) is 1.12. The molecule has 0 fully saturated rings.